The molecule has 1 unspecified atom stereocenters. The van der Waals surface area contributed by atoms with Crippen LogP contribution >= 0.6 is 23.7 Å². The van der Waals surface area contributed by atoms with Crippen LogP contribution in [-0.4, -0.2) is 34.2 Å². The molecule has 12 heteroatoms. The van der Waals surface area contributed by atoms with E-state index >= 15 is 0 Å². The molecule has 2 heterocycles. The molecule has 0 spiro atoms. The highest BCUT2D eigenvalue weighted by Gasteiger charge is 2.21. The van der Waals surface area contributed by atoms with Crippen molar-refractivity contribution in [3.8, 4) is 0 Å². The second kappa shape index (κ2) is 10.5. The van der Waals surface area contributed by atoms with E-state index in [2.05, 4.69) is 24.7 Å². The number of aromatic nitrogens is 2. The molecule has 10 nitrogen and oxygen atoms in total. The lowest BCUT2D eigenvalue weighted by molar-refractivity contribution is 0.107. The molecule has 1 fully saturated rings. The predicted molar refractivity (Wildman–Crippen MR) is 122 cm³/mol. The van der Waals surface area contributed by atoms with Gasteiger partial charge >= 0.3 is 6.09 Å². The lowest BCUT2D eigenvalue weighted by atomic mass is 10.2. The molecular formula is C19H25ClN8O2S. The van der Waals surface area contributed by atoms with E-state index in [4.69, 9.17) is 27.9 Å². The number of alkyl carbamates (subject to hydrolysis) is 1. The third kappa shape index (κ3) is 6.62. The molecule has 31 heavy (non-hydrogen) atoms. The Kier molecular flexibility index (Phi) is 7.80. The van der Waals surface area contributed by atoms with Gasteiger partial charge in [0.15, 0.2) is 5.82 Å². The van der Waals surface area contributed by atoms with Gasteiger partial charge in [0, 0.05) is 37.0 Å². The number of nitrogens with two attached hydrogens (primary N) is 2. The van der Waals surface area contributed by atoms with Crippen LogP contribution < -0.4 is 26.3 Å². The predicted octanol–water partition coefficient (Wildman–Crippen LogP) is 2.73. The van der Waals surface area contributed by atoms with E-state index in [1.165, 1.54) is 30.0 Å². The maximum Gasteiger partial charge on any atom is 0.413 e. The minimum absolute atomic E-state index is 0.146. The molecule has 0 saturated heterocycles. The number of hydrazine groups is 1. The summed E-state index contributed by atoms with van der Waals surface area (Å²) in [6.45, 7) is 1.69. The molecule has 0 radical (unpaired) electrons. The smallest absolute Gasteiger partial charge is 0.413 e. The Morgan fingerprint density at radius 3 is 2.74 bits per heavy atom. The monoisotopic (exact) mass is 464 g/mol. The van der Waals surface area contributed by atoms with Crippen molar-refractivity contribution in [2.45, 2.75) is 31.9 Å². The van der Waals surface area contributed by atoms with Gasteiger partial charge in [-0.3, -0.25) is 15.3 Å². The Bertz CT molecular complexity index is 937. The zero-order chi connectivity index (χ0) is 22.4. The van der Waals surface area contributed by atoms with Gasteiger partial charge in [0.25, 0.3) is 0 Å². The minimum Gasteiger partial charge on any atom is -0.441 e. The number of amides is 1. The highest BCUT2D eigenvalue weighted by atomic mass is 35.5. The average Bonchev–Trinajstić information content (AvgIpc) is 3.56. The summed E-state index contributed by atoms with van der Waals surface area (Å²) in [5, 5.41) is 4.01. The van der Waals surface area contributed by atoms with E-state index in [0.717, 1.165) is 5.69 Å². The first kappa shape index (κ1) is 22.9. The molecule has 166 valence electrons. The van der Waals surface area contributed by atoms with Crippen molar-refractivity contribution in [3.63, 3.8) is 0 Å². The molecule has 2 aromatic rings. The van der Waals surface area contributed by atoms with E-state index in [1.807, 2.05) is 6.07 Å². The number of rotatable bonds is 9. The number of ether oxygens (including phenoxy) is 1. The van der Waals surface area contributed by atoms with Crippen molar-refractivity contribution in [2.75, 3.05) is 11.8 Å². The maximum atomic E-state index is 12.4. The Labute approximate surface area is 190 Å². The Morgan fingerprint density at radius 2 is 2.13 bits per heavy atom. The summed E-state index contributed by atoms with van der Waals surface area (Å²) in [6.07, 6.45) is 4.22. The summed E-state index contributed by atoms with van der Waals surface area (Å²) in [5.74, 6) is 6.01. The lowest BCUT2D eigenvalue weighted by Gasteiger charge is -2.21. The van der Waals surface area contributed by atoms with Crippen LogP contribution in [0.3, 0.4) is 0 Å². The van der Waals surface area contributed by atoms with Crippen LogP contribution in [0.25, 0.3) is 5.70 Å². The molecule has 0 aliphatic heterocycles. The van der Waals surface area contributed by atoms with Crippen molar-refractivity contribution < 1.29 is 9.53 Å². The summed E-state index contributed by atoms with van der Waals surface area (Å²) in [4.78, 5) is 20.7. The highest BCUT2D eigenvalue weighted by molar-refractivity contribution is 7.98. The van der Waals surface area contributed by atoms with Crippen molar-refractivity contribution in [1.29, 1.82) is 0 Å². The van der Waals surface area contributed by atoms with Crippen molar-refractivity contribution in [1.82, 2.24) is 25.0 Å². The van der Waals surface area contributed by atoms with Gasteiger partial charge in [0.1, 0.15) is 17.0 Å². The van der Waals surface area contributed by atoms with Crippen LogP contribution in [0.4, 0.5) is 10.5 Å². The van der Waals surface area contributed by atoms with Gasteiger partial charge in [0.05, 0.1) is 17.6 Å². The topological polar surface area (TPSA) is 143 Å². The first-order chi connectivity index (χ1) is 14.8. The van der Waals surface area contributed by atoms with E-state index < -0.39 is 12.2 Å². The van der Waals surface area contributed by atoms with Gasteiger partial charge in [-0.15, -0.1) is 0 Å². The third-order valence-electron chi connectivity index (χ3n) is 4.35. The zero-order valence-corrected chi connectivity index (χ0v) is 18.7. The Morgan fingerprint density at radius 1 is 1.35 bits per heavy atom. The third-order valence-corrected chi connectivity index (χ3v) is 5.45. The fourth-order valence-electron chi connectivity index (χ4n) is 2.51. The van der Waals surface area contributed by atoms with Gasteiger partial charge < -0.3 is 15.2 Å². The van der Waals surface area contributed by atoms with E-state index in [-0.39, 0.29) is 16.7 Å². The van der Waals surface area contributed by atoms with Gasteiger partial charge in [0.2, 0.25) is 0 Å². The molecule has 1 aliphatic rings. The summed E-state index contributed by atoms with van der Waals surface area (Å²) < 4.78 is 11.8. The number of anilines is 1. The normalized spacial score (nSPS) is 15.0. The molecule has 0 bridgehead atoms. The summed E-state index contributed by atoms with van der Waals surface area (Å²) in [5.41, 5.74) is 8.23. The minimum atomic E-state index is -0.747. The second-order valence-corrected chi connectivity index (χ2v) is 7.96. The first-order valence-electron chi connectivity index (χ1n) is 9.55. The van der Waals surface area contributed by atoms with Gasteiger partial charge in [-0.05, 0) is 38.0 Å². The van der Waals surface area contributed by atoms with Gasteiger partial charge in [-0.1, -0.05) is 17.7 Å². The van der Waals surface area contributed by atoms with Crippen LogP contribution in [0.5, 0.6) is 0 Å². The SMILES string of the molecule is CC(OC(=O)N/C(=C(/N)c1ccc(NSNC2CC2)cn1)N(C)N)c1cccnc1Cl. The average molecular weight is 465 g/mol. The van der Waals surface area contributed by atoms with Crippen molar-refractivity contribution in [2.24, 2.45) is 11.6 Å². The van der Waals surface area contributed by atoms with E-state index in [0.29, 0.717) is 17.3 Å². The fourth-order valence-corrected chi connectivity index (χ4v) is 3.48. The van der Waals surface area contributed by atoms with Crippen LogP contribution in [0.1, 0.15) is 37.1 Å². The quantitative estimate of drug-likeness (QED) is 0.162. The fraction of sp³-hybridized carbons (Fsp3) is 0.316. The van der Waals surface area contributed by atoms with Crippen LogP contribution in [0, 0.1) is 0 Å². The maximum absolute atomic E-state index is 12.4. The standard InChI is InChI=1S/C19H25ClN8O2S/c1-11(14-4-3-9-23-17(14)20)30-19(29)25-18(28(2)22)16(21)15-8-7-13(10-24-15)27-31-26-12-5-6-12/h3-4,7-12,26-27H,5-6,21-22H2,1-2H3,(H,25,29)/b18-16-. The van der Waals surface area contributed by atoms with E-state index in [9.17, 15) is 4.79 Å². The molecule has 0 aromatic carbocycles. The van der Waals surface area contributed by atoms with Crippen molar-refractivity contribution in [3.05, 3.63) is 58.9 Å². The number of hydrogen-bond donors (Lipinski definition) is 5. The number of nitrogens with one attached hydrogen (secondary N) is 3. The number of carbonyl (C=O) groups excluding carboxylic acids is 1. The van der Waals surface area contributed by atoms with Crippen LogP contribution in [0.15, 0.2) is 42.5 Å². The van der Waals surface area contributed by atoms with Crippen LogP contribution in [-0.2, 0) is 4.74 Å². The first-order valence-corrected chi connectivity index (χ1v) is 10.7. The van der Waals surface area contributed by atoms with Crippen LogP contribution in [0.2, 0.25) is 5.15 Å². The number of halogens is 1. The summed E-state index contributed by atoms with van der Waals surface area (Å²) in [7, 11) is 1.54. The molecule has 1 saturated carbocycles. The molecule has 1 amide bonds. The highest BCUT2D eigenvalue weighted by Crippen LogP contribution is 2.24. The number of pyridine rings is 2. The molecular weight excluding hydrogens is 440 g/mol. The van der Waals surface area contributed by atoms with E-state index in [1.54, 1.807) is 44.6 Å². The van der Waals surface area contributed by atoms with Gasteiger partial charge in [-0.25, -0.2) is 20.3 Å². The number of nitrogens with zero attached hydrogens (tertiary/aromatic N) is 3. The molecule has 3 rings (SSSR count). The molecule has 7 N–H and O–H groups in total. The summed E-state index contributed by atoms with van der Waals surface area (Å²) in [6, 6.07) is 7.57. The summed E-state index contributed by atoms with van der Waals surface area (Å²) >= 11 is 7.47. The van der Waals surface area contributed by atoms with Crippen molar-refractivity contribution >= 4 is 41.2 Å². The lowest BCUT2D eigenvalue weighted by Crippen LogP contribution is -2.39. The Balaban J connectivity index is 1.64. The second-order valence-electron chi connectivity index (χ2n) is 6.96. The van der Waals surface area contributed by atoms with Gasteiger partial charge in [-0.2, -0.15) is 0 Å². The molecule has 2 aromatic heterocycles. The number of hydrogen-bond acceptors (Lipinski definition) is 10. The largest absolute Gasteiger partial charge is 0.441 e. The molecule has 1 atom stereocenters. The zero-order valence-electron chi connectivity index (χ0n) is 17.1. The number of carbonyl (C=O) groups is 1. The molecule has 1 aliphatic carbocycles. The Hall–Kier alpha value is -2.73.